The zero-order valence-electron chi connectivity index (χ0n) is 16.5. The Bertz CT molecular complexity index is 1040. The van der Waals surface area contributed by atoms with Crippen LogP contribution in [0.3, 0.4) is 0 Å². The van der Waals surface area contributed by atoms with Gasteiger partial charge in [-0.2, -0.15) is 11.8 Å². The molecule has 0 atom stereocenters. The van der Waals surface area contributed by atoms with Crippen molar-refractivity contribution in [2.45, 2.75) is 13.0 Å². The van der Waals surface area contributed by atoms with Crippen LogP contribution in [0.15, 0.2) is 42.6 Å². The molecule has 1 saturated heterocycles. The summed E-state index contributed by atoms with van der Waals surface area (Å²) in [5.41, 5.74) is 2.11. The molecule has 0 unspecified atom stereocenters. The molecular weight excluding hydrogens is 411 g/mol. The summed E-state index contributed by atoms with van der Waals surface area (Å²) in [5, 5.41) is 4.06. The van der Waals surface area contributed by atoms with Gasteiger partial charge in [0.25, 0.3) is 6.43 Å². The van der Waals surface area contributed by atoms with Crippen LogP contribution in [0.1, 0.15) is 17.6 Å². The smallest absolute Gasteiger partial charge is 0.266 e. The number of hydrogen-bond donors (Lipinski definition) is 1. The van der Waals surface area contributed by atoms with Crippen LogP contribution in [-0.4, -0.2) is 36.7 Å². The first-order valence-electron chi connectivity index (χ1n) is 9.67. The van der Waals surface area contributed by atoms with Gasteiger partial charge in [-0.15, -0.1) is 0 Å². The van der Waals surface area contributed by atoms with Crippen LogP contribution in [0, 0.1) is 5.82 Å². The molecule has 0 amide bonds. The largest absolute Gasteiger partial charge is 0.495 e. The van der Waals surface area contributed by atoms with E-state index in [1.807, 2.05) is 23.9 Å². The molecule has 158 valence electrons. The highest BCUT2D eigenvalue weighted by atomic mass is 32.2. The van der Waals surface area contributed by atoms with Crippen LogP contribution in [0.4, 0.5) is 24.5 Å². The van der Waals surface area contributed by atoms with E-state index in [9.17, 15) is 13.2 Å². The number of nitrogens with one attached hydrogen (secondary N) is 1. The maximum Gasteiger partial charge on any atom is 0.266 e. The minimum Gasteiger partial charge on any atom is -0.495 e. The summed E-state index contributed by atoms with van der Waals surface area (Å²) < 4.78 is 46.0. The second kappa shape index (κ2) is 9.04. The van der Waals surface area contributed by atoms with Crippen LogP contribution in [-0.2, 0) is 6.54 Å². The molecule has 0 radical (unpaired) electrons. The SMILES string of the molecule is COc1cc2nccc(NCc3cccc(C(F)F)c3F)c2cc1N1CCSCC1. The van der Waals surface area contributed by atoms with E-state index >= 15 is 0 Å². The molecule has 0 aliphatic carbocycles. The van der Waals surface area contributed by atoms with E-state index in [2.05, 4.69) is 15.2 Å². The van der Waals surface area contributed by atoms with Crippen molar-refractivity contribution in [3.05, 3.63) is 59.5 Å². The molecule has 0 saturated carbocycles. The Balaban J connectivity index is 1.67. The fourth-order valence-electron chi connectivity index (χ4n) is 3.63. The van der Waals surface area contributed by atoms with Crippen molar-refractivity contribution in [3.63, 3.8) is 0 Å². The number of methoxy groups -OCH3 is 1. The molecule has 1 aliphatic heterocycles. The Labute approximate surface area is 177 Å². The molecule has 1 aliphatic rings. The molecule has 1 aromatic heterocycles. The summed E-state index contributed by atoms with van der Waals surface area (Å²) in [6, 6.07) is 9.81. The standard InChI is InChI=1S/C22H22F3N3OS/c1-29-20-12-18-16(11-19(20)28-7-9-30-10-8-28)17(5-6-26-18)27-13-14-3-2-4-15(21(14)23)22(24)25/h2-6,11-12,22H,7-10,13H2,1H3,(H,26,27). The van der Waals surface area contributed by atoms with Crippen LogP contribution < -0.4 is 15.0 Å². The van der Waals surface area contributed by atoms with Gasteiger partial charge in [-0.1, -0.05) is 18.2 Å². The van der Waals surface area contributed by atoms with Crippen LogP contribution >= 0.6 is 11.8 Å². The number of pyridine rings is 1. The summed E-state index contributed by atoms with van der Waals surface area (Å²) in [4.78, 5) is 6.72. The predicted octanol–water partition coefficient (Wildman–Crippen LogP) is 5.49. The Morgan fingerprint density at radius 3 is 2.73 bits per heavy atom. The summed E-state index contributed by atoms with van der Waals surface area (Å²) in [6.07, 6.45) is -1.18. The van der Waals surface area contributed by atoms with Gasteiger partial charge < -0.3 is 15.0 Å². The van der Waals surface area contributed by atoms with Gasteiger partial charge in [-0.3, -0.25) is 4.98 Å². The Kier molecular flexibility index (Phi) is 6.22. The molecule has 4 nitrogen and oxygen atoms in total. The van der Waals surface area contributed by atoms with Crippen molar-refractivity contribution in [1.82, 2.24) is 4.98 Å². The summed E-state index contributed by atoms with van der Waals surface area (Å²) in [5.74, 6) is 2.00. The predicted molar refractivity (Wildman–Crippen MR) is 117 cm³/mol. The van der Waals surface area contributed by atoms with Gasteiger partial charge in [0.2, 0.25) is 0 Å². The number of aromatic nitrogens is 1. The van der Waals surface area contributed by atoms with E-state index in [4.69, 9.17) is 4.74 Å². The maximum atomic E-state index is 14.4. The lowest BCUT2D eigenvalue weighted by molar-refractivity contribution is 0.146. The molecule has 2 aromatic carbocycles. The van der Waals surface area contributed by atoms with Crippen molar-refractivity contribution in [2.75, 3.05) is 41.9 Å². The number of ether oxygens (including phenoxy) is 1. The Morgan fingerprint density at radius 2 is 2.00 bits per heavy atom. The number of alkyl halides is 2. The third-order valence-electron chi connectivity index (χ3n) is 5.21. The average Bonchev–Trinajstić information content (AvgIpc) is 2.77. The number of rotatable bonds is 6. The van der Waals surface area contributed by atoms with Gasteiger partial charge in [0.15, 0.2) is 0 Å². The number of thioether (sulfide) groups is 1. The third kappa shape index (κ3) is 4.14. The minimum absolute atomic E-state index is 0.0905. The summed E-state index contributed by atoms with van der Waals surface area (Å²) in [7, 11) is 1.64. The van der Waals surface area contributed by atoms with Crippen LogP contribution in [0.5, 0.6) is 5.75 Å². The van der Waals surface area contributed by atoms with Gasteiger partial charge in [0.05, 0.1) is 23.9 Å². The lowest BCUT2D eigenvalue weighted by atomic mass is 10.1. The number of halogens is 3. The fourth-order valence-corrected chi connectivity index (χ4v) is 4.53. The number of hydrogen-bond acceptors (Lipinski definition) is 5. The number of anilines is 2. The number of nitrogens with zero attached hydrogens (tertiary/aromatic N) is 2. The first-order chi connectivity index (χ1) is 14.6. The first kappa shape index (κ1) is 20.7. The zero-order valence-corrected chi connectivity index (χ0v) is 17.3. The quantitative estimate of drug-likeness (QED) is 0.557. The van der Waals surface area contributed by atoms with Crippen LogP contribution in [0.25, 0.3) is 10.9 Å². The second-order valence-corrected chi connectivity index (χ2v) is 8.20. The highest BCUT2D eigenvalue weighted by Crippen LogP contribution is 2.36. The molecule has 30 heavy (non-hydrogen) atoms. The monoisotopic (exact) mass is 433 g/mol. The third-order valence-corrected chi connectivity index (χ3v) is 6.15. The molecule has 0 spiro atoms. The van der Waals surface area contributed by atoms with Gasteiger partial charge >= 0.3 is 0 Å². The molecule has 1 N–H and O–H groups in total. The maximum absolute atomic E-state index is 14.4. The van der Waals surface area contributed by atoms with Crippen molar-refractivity contribution in [2.24, 2.45) is 0 Å². The molecule has 1 fully saturated rings. The lowest BCUT2D eigenvalue weighted by Gasteiger charge is -2.30. The highest BCUT2D eigenvalue weighted by Gasteiger charge is 2.19. The molecule has 4 rings (SSSR count). The van der Waals surface area contributed by atoms with Crippen molar-refractivity contribution >= 4 is 34.0 Å². The second-order valence-electron chi connectivity index (χ2n) is 6.97. The summed E-state index contributed by atoms with van der Waals surface area (Å²) >= 11 is 1.93. The normalized spacial score (nSPS) is 14.4. The zero-order chi connectivity index (χ0) is 21.1. The first-order valence-corrected chi connectivity index (χ1v) is 10.8. The molecule has 2 heterocycles. The van der Waals surface area contributed by atoms with Gasteiger partial charge in [0, 0.05) is 60.0 Å². The topological polar surface area (TPSA) is 37.4 Å². The van der Waals surface area contributed by atoms with E-state index in [0.717, 1.165) is 58.7 Å². The van der Waals surface area contributed by atoms with E-state index in [-0.39, 0.29) is 12.1 Å². The number of fused-ring (bicyclic) bond motifs is 1. The fraction of sp³-hybridized carbons (Fsp3) is 0.318. The van der Waals surface area contributed by atoms with Gasteiger partial charge in [-0.05, 0) is 12.1 Å². The molecular formula is C22H22F3N3OS. The Hall–Kier alpha value is -2.61. The van der Waals surface area contributed by atoms with E-state index in [0.29, 0.717) is 0 Å². The van der Waals surface area contributed by atoms with Gasteiger partial charge in [-0.25, -0.2) is 13.2 Å². The molecule has 8 heteroatoms. The highest BCUT2D eigenvalue weighted by molar-refractivity contribution is 7.99. The van der Waals surface area contributed by atoms with Gasteiger partial charge in [0.1, 0.15) is 11.6 Å². The van der Waals surface area contributed by atoms with Crippen molar-refractivity contribution in [1.29, 1.82) is 0 Å². The van der Waals surface area contributed by atoms with E-state index in [1.54, 1.807) is 19.4 Å². The Morgan fingerprint density at radius 1 is 1.20 bits per heavy atom. The van der Waals surface area contributed by atoms with Crippen molar-refractivity contribution < 1.29 is 17.9 Å². The van der Waals surface area contributed by atoms with Crippen LogP contribution in [0.2, 0.25) is 0 Å². The lowest BCUT2D eigenvalue weighted by Crippen LogP contribution is -2.32. The van der Waals surface area contributed by atoms with E-state index < -0.39 is 17.8 Å². The minimum atomic E-state index is -2.84. The van der Waals surface area contributed by atoms with Crippen molar-refractivity contribution in [3.8, 4) is 5.75 Å². The van der Waals surface area contributed by atoms with E-state index in [1.165, 1.54) is 12.1 Å². The molecule has 0 bridgehead atoms. The molecule has 3 aromatic rings. The number of benzene rings is 2. The average molecular weight is 433 g/mol. The summed E-state index contributed by atoms with van der Waals surface area (Å²) in [6.45, 7) is 1.95.